The molecule has 1 aliphatic rings. The lowest BCUT2D eigenvalue weighted by molar-refractivity contribution is -0.137. The lowest BCUT2D eigenvalue weighted by Crippen LogP contribution is -2.57. The molecule has 0 spiro atoms. The maximum Gasteiger partial charge on any atom is 0.408 e. The highest BCUT2D eigenvalue weighted by Crippen LogP contribution is 2.17. The third-order valence-corrected chi connectivity index (χ3v) is 7.20. The average Bonchev–Trinajstić information content (AvgIpc) is 3.42. The summed E-state index contributed by atoms with van der Waals surface area (Å²) >= 11 is 0. The molecule has 0 saturated carbocycles. The summed E-state index contributed by atoms with van der Waals surface area (Å²) < 4.78 is 23.8. The van der Waals surface area contributed by atoms with Gasteiger partial charge in [-0.05, 0) is 48.9 Å². The predicted octanol–water partition coefficient (Wildman–Crippen LogP) is 2.93. The van der Waals surface area contributed by atoms with E-state index in [1.807, 2.05) is 18.2 Å². The molecular formula is C33H41FN4O7. The molecule has 2 aromatic rings. The highest BCUT2D eigenvalue weighted by atomic mass is 19.1. The molecule has 0 aromatic heterocycles. The van der Waals surface area contributed by atoms with Gasteiger partial charge >= 0.3 is 12.1 Å². The van der Waals surface area contributed by atoms with Gasteiger partial charge in [0.25, 0.3) is 0 Å². The Labute approximate surface area is 262 Å². The quantitative estimate of drug-likeness (QED) is 0.176. The van der Waals surface area contributed by atoms with Gasteiger partial charge in [0.15, 0.2) is 0 Å². The molecule has 0 unspecified atom stereocenters. The average molecular weight is 625 g/mol. The van der Waals surface area contributed by atoms with E-state index in [-0.39, 0.29) is 43.8 Å². The third-order valence-electron chi connectivity index (χ3n) is 7.20. The third kappa shape index (κ3) is 11.7. The molecule has 1 heterocycles. The lowest BCUT2D eigenvalue weighted by Gasteiger charge is -2.26. The van der Waals surface area contributed by atoms with E-state index in [0.29, 0.717) is 18.5 Å². The van der Waals surface area contributed by atoms with Gasteiger partial charge in [0.2, 0.25) is 17.7 Å². The Morgan fingerprint density at radius 3 is 2.29 bits per heavy atom. The molecule has 12 heteroatoms. The molecule has 45 heavy (non-hydrogen) atoms. The van der Waals surface area contributed by atoms with Crippen LogP contribution < -0.4 is 21.3 Å². The molecule has 0 aliphatic carbocycles. The Kier molecular flexibility index (Phi) is 13.5. The van der Waals surface area contributed by atoms with Crippen molar-refractivity contribution in [1.29, 1.82) is 0 Å². The molecular weight excluding hydrogens is 583 g/mol. The second-order valence-electron chi connectivity index (χ2n) is 11.1. The van der Waals surface area contributed by atoms with Gasteiger partial charge in [-0.15, -0.1) is 0 Å². The van der Waals surface area contributed by atoms with Crippen molar-refractivity contribution in [2.75, 3.05) is 13.2 Å². The number of benzene rings is 2. The standard InChI is InChI=1S/C33H41FN4O7/c1-4-44-28(39)15-14-26(19-24-16-17-35-30(24)40)36-31(41)27(18-22-10-12-25(34)13-11-22)37-32(42)29(21(2)3)38-33(43)45-20-23-8-6-5-7-9-23/h5-15,21,24,26-27,29H,4,16-20H2,1-3H3,(H,35,40)(H,36,41)(H,37,42)(H,38,43)/b15-14+/t24-,26+,27-,29-/m0/s1. The minimum Gasteiger partial charge on any atom is -0.463 e. The number of rotatable bonds is 15. The van der Waals surface area contributed by atoms with E-state index in [9.17, 15) is 28.4 Å². The largest absolute Gasteiger partial charge is 0.463 e. The monoisotopic (exact) mass is 624 g/mol. The van der Waals surface area contributed by atoms with Crippen LogP contribution in [-0.2, 0) is 41.7 Å². The summed E-state index contributed by atoms with van der Waals surface area (Å²) in [6, 6.07) is 11.6. The Hall–Kier alpha value is -4.74. The van der Waals surface area contributed by atoms with E-state index in [1.54, 1.807) is 32.9 Å². The second kappa shape index (κ2) is 17.5. The van der Waals surface area contributed by atoms with Gasteiger partial charge in [0.1, 0.15) is 24.5 Å². The van der Waals surface area contributed by atoms with Crippen LogP contribution in [-0.4, -0.2) is 61.1 Å². The first kappa shape index (κ1) is 34.7. The number of hydrogen-bond acceptors (Lipinski definition) is 7. The normalized spacial score (nSPS) is 16.4. The molecule has 4 atom stereocenters. The van der Waals surface area contributed by atoms with Crippen LogP contribution in [0.3, 0.4) is 0 Å². The summed E-state index contributed by atoms with van der Waals surface area (Å²) in [7, 11) is 0. The second-order valence-corrected chi connectivity index (χ2v) is 11.1. The van der Waals surface area contributed by atoms with Crippen molar-refractivity contribution in [3.05, 3.63) is 83.7 Å². The molecule has 1 saturated heterocycles. The summed E-state index contributed by atoms with van der Waals surface area (Å²) in [5, 5.41) is 10.9. The van der Waals surface area contributed by atoms with E-state index in [0.717, 1.165) is 5.56 Å². The van der Waals surface area contributed by atoms with E-state index in [2.05, 4.69) is 21.3 Å². The van der Waals surface area contributed by atoms with Gasteiger partial charge in [0.05, 0.1) is 6.61 Å². The first-order valence-corrected chi connectivity index (χ1v) is 15.0. The van der Waals surface area contributed by atoms with E-state index >= 15 is 0 Å². The first-order valence-electron chi connectivity index (χ1n) is 15.0. The summed E-state index contributed by atoms with van der Waals surface area (Å²) in [5.74, 6) is -3.19. The number of hydrogen-bond donors (Lipinski definition) is 4. The SMILES string of the molecule is CCOC(=O)/C=C/[C@H](C[C@@H]1CCNC1=O)NC(=O)[C@H](Cc1ccc(F)cc1)NC(=O)[C@@H](NC(=O)OCc1ccccc1)C(C)C. The number of ether oxygens (including phenoxy) is 2. The molecule has 0 radical (unpaired) electrons. The van der Waals surface area contributed by atoms with Crippen LogP contribution in [0.25, 0.3) is 0 Å². The Bertz CT molecular complexity index is 1330. The zero-order valence-electron chi connectivity index (χ0n) is 25.7. The minimum absolute atomic E-state index is 0.000647. The molecule has 0 bridgehead atoms. The van der Waals surface area contributed by atoms with Crippen LogP contribution in [0, 0.1) is 17.7 Å². The zero-order chi connectivity index (χ0) is 32.8. The zero-order valence-corrected chi connectivity index (χ0v) is 25.7. The molecule has 1 fully saturated rings. The van der Waals surface area contributed by atoms with Crippen molar-refractivity contribution in [2.24, 2.45) is 11.8 Å². The predicted molar refractivity (Wildman–Crippen MR) is 164 cm³/mol. The lowest BCUT2D eigenvalue weighted by atomic mass is 9.97. The number of halogens is 1. The maximum absolute atomic E-state index is 13.7. The fraction of sp³-hybridized carbons (Fsp3) is 0.424. The van der Waals surface area contributed by atoms with Gasteiger partial charge in [0, 0.05) is 31.0 Å². The van der Waals surface area contributed by atoms with Crippen LogP contribution >= 0.6 is 0 Å². The van der Waals surface area contributed by atoms with E-state index in [4.69, 9.17) is 9.47 Å². The van der Waals surface area contributed by atoms with E-state index < -0.39 is 47.8 Å². The number of nitrogens with one attached hydrogen (secondary N) is 4. The van der Waals surface area contributed by atoms with Gasteiger partial charge < -0.3 is 30.7 Å². The summed E-state index contributed by atoms with van der Waals surface area (Å²) in [4.78, 5) is 64.0. The van der Waals surface area contributed by atoms with Crippen molar-refractivity contribution >= 4 is 29.8 Å². The van der Waals surface area contributed by atoms with Gasteiger partial charge in [-0.25, -0.2) is 14.0 Å². The molecule has 3 rings (SSSR count). The van der Waals surface area contributed by atoms with Crippen LogP contribution in [0.1, 0.15) is 44.7 Å². The van der Waals surface area contributed by atoms with Gasteiger partial charge in [-0.2, -0.15) is 0 Å². The summed E-state index contributed by atoms with van der Waals surface area (Å²) in [6.07, 6.45) is 2.63. The van der Waals surface area contributed by atoms with Crippen molar-refractivity contribution in [3.8, 4) is 0 Å². The van der Waals surface area contributed by atoms with Crippen LogP contribution in [0.2, 0.25) is 0 Å². The number of amides is 4. The van der Waals surface area contributed by atoms with Crippen molar-refractivity contribution in [3.63, 3.8) is 0 Å². The molecule has 2 aromatic carbocycles. The molecule has 4 amide bonds. The smallest absolute Gasteiger partial charge is 0.408 e. The molecule has 242 valence electrons. The Morgan fingerprint density at radius 1 is 0.956 bits per heavy atom. The first-order chi connectivity index (χ1) is 21.5. The minimum atomic E-state index is -1.15. The van der Waals surface area contributed by atoms with Crippen LogP contribution in [0.4, 0.5) is 9.18 Å². The molecule has 11 nitrogen and oxygen atoms in total. The Morgan fingerprint density at radius 2 is 1.67 bits per heavy atom. The number of carbonyl (C=O) groups excluding carboxylic acids is 5. The van der Waals surface area contributed by atoms with Crippen molar-refractivity contribution in [1.82, 2.24) is 21.3 Å². The molecule has 1 aliphatic heterocycles. The maximum atomic E-state index is 13.7. The number of alkyl carbamates (subject to hydrolysis) is 1. The fourth-order valence-electron chi connectivity index (χ4n) is 4.78. The number of esters is 1. The fourth-order valence-corrected chi connectivity index (χ4v) is 4.78. The summed E-state index contributed by atoms with van der Waals surface area (Å²) in [6.45, 7) is 5.82. The topological polar surface area (TPSA) is 152 Å². The van der Waals surface area contributed by atoms with Gasteiger partial charge in [-0.1, -0.05) is 62.4 Å². The molecule has 4 N–H and O–H groups in total. The van der Waals surface area contributed by atoms with Crippen LogP contribution in [0.5, 0.6) is 0 Å². The van der Waals surface area contributed by atoms with Gasteiger partial charge in [-0.3, -0.25) is 14.4 Å². The highest BCUT2D eigenvalue weighted by Gasteiger charge is 2.32. The number of carbonyl (C=O) groups is 5. The highest BCUT2D eigenvalue weighted by molar-refractivity contribution is 5.92. The van der Waals surface area contributed by atoms with E-state index in [1.165, 1.54) is 36.4 Å². The Balaban J connectivity index is 1.77. The van der Waals surface area contributed by atoms with Crippen molar-refractivity contribution in [2.45, 2.75) is 64.8 Å². The summed E-state index contributed by atoms with van der Waals surface area (Å²) in [5.41, 5.74) is 1.35. The van der Waals surface area contributed by atoms with Crippen LogP contribution in [0.15, 0.2) is 66.7 Å². The van der Waals surface area contributed by atoms with Crippen molar-refractivity contribution < 1.29 is 37.8 Å².